The van der Waals surface area contributed by atoms with Gasteiger partial charge in [0.1, 0.15) is 0 Å². The Hall–Kier alpha value is -2.40. The number of carbonyl (C=O) groups excluding carboxylic acids is 1. The van der Waals surface area contributed by atoms with Gasteiger partial charge in [-0.3, -0.25) is 9.48 Å². The van der Waals surface area contributed by atoms with E-state index in [2.05, 4.69) is 38.5 Å². The molecule has 3 aromatic rings. The molecule has 23 heavy (non-hydrogen) atoms. The van der Waals surface area contributed by atoms with E-state index >= 15 is 0 Å². The van der Waals surface area contributed by atoms with Crippen molar-refractivity contribution >= 4 is 27.5 Å². The van der Waals surface area contributed by atoms with E-state index in [0.29, 0.717) is 10.2 Å². The van der Waals surface area contributed by atoms with E-state index in [-0.39, 0.29) is 5.91 Å². The molecule has 2 aromatic carbocycles. The number of nitrogens with zero attached hydrogens (tertiary/aromatic N) is 2. The molecule has 0 radical (unpaired) electrons. The van der Waals surface area contributed by atoms with Crippen LogP contribution in [0.1, 0.15) is 17.4 Å². The molecule has 0 saturated heterocycles. The predicted molar refractivity (Wildman–Crippen MR) is 95.4 cm³/mol. The average Bonchev–Trinajstić information content (AvgIpc) is 2.97. The van der Waals surface area contributed by atoms with Crippen molar-refractivity contribution in [2.24, 2.45) is 0 Å². The van der Waals surface area contributed by atoms with Crippen molar-refractivity contribution in [3.05, 3.63) is 71.0 Å². The number of aromatic nitrogens is 2. The normalized spacial score (nSPS) is 10.5. The van der Waals surface area contributed by atoms with Crippen LogP contribution < -0.4 is 5.32 Å². The lowest BCUT2D eigenvalue weighted by atomic mass is 10.1. The van der Waals surface area contributed by atoms with E-state index in [1.807, 2.05) is 49.4 Å². The van der Waals surface area contributed by atoms with Gasteiger partial charge >= 0.3 is 0 Å². The Morgan fingerprint density at radius 2 is 1.74 bits per heavy atom. The third kappa shape index (κ3) is 3.51. The van der Waals surface area contributed by atoms with Crippen molar-refractivity contribution in [3.63, 3.8) is 0 Å². The minimum Gasteiger partial charge on any atom is -0.321 e. The summed E-state index contributed by atoms with van der Waals surface area (Å²) in [5, 5.41) is 7.12. The minimum absolute atomic E-state index is 0.225. The van der Waals surface area contributed by atoms with Crippen LogP contribution in [0.3, 0.4) is 0 Å². The molecule has 1 heterocycles. The second-order valence-electron chi connectivity index (χ2n) is 5.08. The molecule has 0 aliphatic carbocycles. The highest BCUT2D eigenvalue weighted by Gasteiger charge is 2.15. The molecule has 0 fully saturated rings. The molecular formula is C18H16BrN3O. The van der Waals surface area contributed by atoms with Crippen molar-refractivity contribution in [2.75, 3.05) is 5.32 Å². The molecule has 4 nitrogen and oxygen atoms in total. The van der Waals surface area contributed by atoms with E-state index in [1.54, 1.807) is 10.9 Å². The smallest absolute Gasteiger partial charge is 0.277 e. The molecule has 0 saturated carbocycles. The quantitative estimate of drug-likeness (QED) is 0.731. The van der Waals surface area contributed by atoms with E-state index in [9.17, 15) is 4.79 Å². The van der Waals surface area contributed by atoms with Gasteiger partial charge in [0.2, 0.25) is 0 Å². The third-order valence-corrected chi connectivity index (χ3v) is 4.09. The van der Waals surface area contributed by atoms with Crippen LogP contribution in [0.5, 0.6) is 0 Å². The lowest BCUT2D eigenvalue weighted by molar-refractivity contribution is 0.102. The highest BCUT2D eigenvalue weighted by molar-refractivity contribution is 9.10. The zero-order valence-electron chi connectivity index (χ0n) is 12.7. The van der Waals surface area contributed by atoms with E-state index in [1.165, 1.54) is 0 Å². The lowest BCUT2D eigenvalue weighted by Gasteiger charge is -2.06. The Morgan fingerprint density at radius 3 is 2.35 bits per heavy atom. The first-order chi connectivity index (χ1) is 11.2. The molecule has 0 atom stereocenters. The van der Waals surface area contributed by atoms with Crippen molar-refractivity contribution in [1.29, 1.82) is 0 Å². The first kappa shape index (κ1) is 15.5. The van der Waals surface area contributed by atoms with E-state index in [4.69, 9.17) is 0 Å². The lowest BCUT2D eigenvalue weighted by Crippen LogP contribution is -2.13. The maximum Gasteiger partial charge on any atom is 0.277 e. The summed E-state index contributed by atoms with van der Waals surface area (Å²) in [5.41, 5.74) is 3.39. The Morgan fingerprint density at radius 1 is 1.09 bits per heavy atom. The molecule has 1 aromatic heterocycles. The number of hydrogen-bond acceptors (Lipinski definition) is 2. The highest BCUT2D eigenvalue weighted by atomic mass is 79.9. The second-order valence-corrected chi connectivity index (χ2v) is 5.93. The molecule has 0 unspecified atom stereocenters. The summed E-state index contributed by atoms with van der Waals surface area (Å²) in [7, 11) is 0. The van der Waals surface area contributed by atoms with Crippen LogP contribution in [0.25, 0.3) is 11.1 Å². The summed E-state index contributed by atoms with van der Waals surface area (Å²) in [4.78, 5) is 12.3. The summed E-state index contributed by atoms with van der Waals surface area (Å²) >= 11 is 3.37. The summed E-state index contributed by atoms with van der Waals surface area (Å²) in [6.07, 6.45) is 1.80. The van der Waals surface area contributed by atoms with Crippen LogP contribution in [-0.2, 0) is 6.54 Å². The largest absolute Gasteiger partial charge is 0.321 e. The van der Waals surface area contributed by atoms with Crippen LogP contribution in [0.4, 0.5) is 5.69 Å². The van der Waals surface area contributed by atoms with Gasteiger partial charge < -0.3 is 5.32 Å². The molecule has 0 spiro atoms. The molecule has 0 aliphatic heterocycles. The monoisotopic (exact) mass is 369 g/mol. The van der Waals surface area contributed by atoms with Gasteiger partial charge in [-0.15, -0.1) is 0 Å². The zero-order chi connectivity index (χ0) is 16.2. The van der Waals surface area contributed by atoms with Crippen LogP contribution >= 0.6 is 15.9 Å². The Kier molecular flexibility index (Phi) is 4.57. The summed E-state index contributed by atoms with van der Waals surface area (Å²) in [6.45, 7) is 2.70. The zero-order valence-corrected chi connectivity index (χ0v) is 14.2. The first-order valence-corrected chi connectivity index (χ1v) is 8.16. The number of anilines is 1. The van der Waals surface area contributed by atoms with Crippen LogP contribution in [0.2, 0.25) is 0 Å². The van der Waals surface area contributed by atoms with Crippen molar-refractivity contribution in [1.82, 2.24) is 9.78 Å². The molecule has 1 amide bonds. The Labute approximate surface area is 143 Å². The number of hydrogen-bond donors (Lipinski definition) is 1. The first-order valence-electron chi connectivity index (χ1n) is 7.37. The van der Waals surface area contributed by atoms with Crippen molar-refractivity contribution in [3.8, 4) is 11.1 Å². The van der Waals surface area contributed by atoms with Gasteiger partial charge in [-0.25, -0.2) is 0 Å². The van der Waals surface area contributed by atoms with Gasteiger partial charge in [0, 0.05) is 18.4 Å². The van der Waals surface area contributed by atoms with Gasteiger partial charge in [0.15, 0.2) is 5.69 Å². The number of halogens is 1. The highest BCUT2D eigenvalue weighted by Crippen LogP contribution is 2.22. The van der Waals surface area contributed by atoms with Gasteiger partial charge in [-0.05, 0) is 46.1 Å². The van der Waals surface area contributed by atoms with Gasteiger partial charge in [-0.1, -0.05) is 42.5 Å². The van der Waals surface area contributed by atoms with E-state index in [0.717, 1.165) is 23.4 Å². The van der Waals surface area contributed by atoms with Crippen molar-refractivity contribution < 1.29 is 4.79 Å². The van der Waals surface area contributed by atoms with Crippen LogP contribution in [-0.4, -0.2) is 15.7 Å². The standard InChI is InChI=1S/C18H16BrN3O/c1-2-22-12-16(19)17(21-22)18(23)20-15-10-8-14(9-11-15)13-6-4-3-5-7-13/h3-12H,2H2,1H3,(H,20,23). The molecular weight excluding hydrogens is 354 g/mol. The fraction of sp³-hybridized carbons (Fsp3) is 0.111. The van der Waals surface area contributed by atoms with Crippen LogP contribution in [0, 0.1) is 0 Å². The minimum atomic E-state index is -0.225. The predicted octanol–water partition coefficient (Wildman–Crippen LogP) is 4.58. The SMILES string of the molecule is CCn1cc(Br)c(C(=O)Nc2ccc(-c3ccccc3)cc2)n1. The molecule has 0 aliphatic rings. The fourth-order valence-corrected chi connectivity index (χ4v) is 2.78. The molecule has 116 valence electrons. The number of aryl methyl sites for hydroxylation is 1. The number of benzene rings is 2. The Bertz CT molecular complexity index is 810. The number of nitrogens with one attached hydrogen (secondary N) is 1. The second kappa shape index (κ2) is 6.79. The maximum absolute atomic E-state index is 12.3. The molecule has 0 bridgehead atoms. The fourth-order valence-electron chi connectivity index (χ4n) is 2.28. The van der Waals surface area contributed by atoms with Gasteiger partial charge in [0.05, 0.1) is 4.47 Å². The molecule has 5 heteroatoms. The maximum atomic E-state index is 12.3. The van der Waals surface area contributed by atoms with E-state index < -0.39 is 0 Å². The van der Waals surface area contributed by atoms with Gasteiger partial charge in [0.25, 0.3) is 5.91 Å². The number of amides is 1. The van der Waals surface area contributed by atoms with Crippen molar-refractivity contribution in [2.45, 2.75) is 13.5 Å². The number of rotatable bonds is 4. The number of carbonyl (C=O) groups is 1. The summed E-state index contributed by atoms with van der Waals surface area (Å²) < 4.78 is 2.41. The Balaban J connectivity index is 1.75. The average molecular weight is 370 g/mol. The summed E-state index contributed by atoms with van der Waals surface area (Å²) in [5.74, 6) is -0.225. The third-order valence-electron chi connectivity index (χ3n) is 3.51. The topological polar surface area (TPSA) is 46.9 Å². The summed E-state index contributed by atoms with van der Waals surface area (Å²) in [6, 6.07) is 17.9. The molecule has 1 N–H and O–H groups in total. The van der Waals surface area contributed by atoms with Crippen LogP contribution in [0.15, 0.2) is 65.3 Å². The molecule has 3 rings (SSSR count). The van der Waals surface area contributed by atoms with Gasteiger partial charge in [-0.2, -0.15) is 5.10 Å².